The number of hydrogen-bond acceptors (Lipinski definition) is 5. The second-order valence-electron chi connectivity index (χ2n) is 7.51. The van der Waals surface area contributed by atoms with Gasteiger partial charge in [0.1, 0.15) is 11.0 Å². The Balaban J connectivity index is 2.00. The summed E-state index contributed by atoms with van der Waals surface area (Å²) >= 11 is 1.33. The van der Waals surface area contributed by atoms with Crippen LogP contribution in [0, 0.1) is 12.8 Å². The van der Waals surface area contributed by atoms with Crippen LogP contribution in [0.1, 0.15) is 64.9 Å². The second-order valence-corrected chi connectivity index (χ2v) is 8.49. The Bertz CT molecular complexity index is 806. The molecule has 158 valence electrons. The number of nitrogens with one attached hydrogen (secondary N) is 2. The lowest BCUT2D eigenvalue weighted by molar-refractivity contribution is -0.127. The zero-order chi connectivity index (χ0) is 21.2. The van der Waals surface area contributed by atoms with Gasteiger partial charge in [-0.15, -0.1) is 10.2 Å². The number of anilines is 1. The van der Waals surface area contributed by atoms with Crippen LogP contribution in [-0.2, 0) is 9.59 Å². The predicted octanol–water partition coefficient (Wildman–Crippen LogP) is 4.95. The van der Waals surface area contributed by atoms with Gasteiger partial charge in [0.05, 0.1) is 0 Å². The molecule has 6 nitrogen and oxygen atoms in total. The minimum atomic E-state index is -0.579. The molecule has 0 radical (unpaired) electrons. The van der Waals surface area contributed by atoms with Crippen LogP contribution in [0.4, 0.5) is 5.13 Å². The van der Waals surface area contributed by atoms with Crippen molar-refractivity contribution < 1.29 is 9.59 Å². The lowest BCUT2D eigenvalue weighted by Gasteiger charge is -2.23. The van der Waals surface area contributed by atoms with E-state index in [9.17, 15) is 9.59 Å². The van der Waals surface area contributed by atoms with Gasteiger partial charge in [-0.3, -0.25) is 14.9 Å². The zero-order valence-electron chi connectivity index (χ0n) is 17.8. The SMILES string of the molecule is CCCCCCC(=O)N[C@H](C(=O)Nc1nnc(-c2cccc(C)c2)s1)[C@H](C)CC. The number of rotatable bonds is 11. The molecule has 2 N–H and O–H groups in total. The number of unbranched alkanes of at least 4 members (excludes halogenated alkanes) is 3. The maximum Gasteiger partial charge on any atom is 0.249 e. The molecule has 0 fully saturated rings. The van der Waals surface area contributed by atoms with E-state index in [1.807, 2.05) is 45.0 Å². The number of amides is 2. The van der Waals surface area contributed by atoms with E-state index in [-0.39, 0.29) is 17.7 Å². The maximum absolute atomic E-state index is 12.8. The molecule has 7 heteroatoms. The van der Waals surface area contributed by atoms with Gasteiger partial charge in [-0.1, -0.05) is 81.6 Å². The Morgan fingerprint density at radius 3 is 2.62 bits per heavy atom. The van der Waals surface area contributed by atoms with Crippen molar-refractivity contribution >= 4 is 28.3 Å². The summed E-state index contributed by atoms with van der Waals surface area (Å²) in [5, 5.41) is 15.2. The van der Waals surface area contributed by atoms with Crippen molar-refractivity contribution in [3.63, 3.8) is 0 Å². The van der Waals surface area contributed by atoms with Crippen LogP contribution < -0.4 is 10.6 Å². The Kier molecular flexibility index (Phi) is 9.25. The second kappa shape index (κ2) is 11.7. The fourth-order valence-corrected chi connectivity index (χ4v) is 3.75. The largest absolute Gasteiger partial charge is 0.344 e. The summed E-state index contributed by atoms with van der Waals surface area (Å²) < 4.78 is 0. The van der Waals surface area contributed by atoms with Crippen LogP contribution in [0.15, 0.2) is 24.3 Å². The molecule has 2 aromatic rings. The highest BCUT2D eigenvalue weighted by molar-refractivity contribution is 7.18. The molecule has 0 aliphatic rings. The number of carbonyl (C=O) groups is 2. The molecule has 1 heterocycles. The topological polar surface area (TPSA) is 84.0 Å². The summed E-state index contributed by atoms with van der Waals surface area (Å²) in [7, 11) is 0. The van der Waals surface area contributed by atoms with Gasteiger partial charge >= 0.3 is 0 Å². The smallest absolute Gasteiger partial charge is 0.249 e. The first kappa shape index (κ1) is 23.0. The molecule has 2 rings (SSSR count). The molecule has 0 bridgehead atoms. The van der Waals surface area contributed by atoms with Crippen molar-refractivity contribution in [1.82, 2.24) is 15.5 Å². The average molecular weight is 417 g/mol. The minimum absolute atomic E-state index is 0.0266. The number of nitrogens with zero attached hydrogens (tertiary/aromatic N) is 2. The molecule has 1 aromatic carbocycles. The molecule has 0 spiro atoms. The lowest BCUT2D eigenvalue weighted by atomic mass is 9.98. The number of hydrogen-bond donors (Lipinski definition) is 2. The van der Waals surface area contributed by atoms with E-state index in [0.717, 1.165) is 48.2 Å². The lowest BCUT2D eigenvalue weighted by Crippen LogP contribution is -2.47. The van der Waals surface area contributed by atoms with E-state index in [0.29, 0.717) is 11.6 Å². The fourth-order valence-electron chi connectivity index (χ4n) is 3.01. The molecule has 0 aliphatic heterocycles. The third-order valence-electron chi connectivity index (χ3n) is 4.99. The van der Waals surface area contributed by atoms with E-state index >= 15 is 0 Å². The summed E-state index contributed by atoms with van der Waals surface area (Å²) in [5.74, 6) is -0.286. The molecule has 0 unspecified atom stereocenters. The van der Waals surface area contributed by atoms with Crippen LogP contribution in [0.5, 0.6) is 0 Å². The molecule has 2 amide bonds. The summed E-state index contributed by atoms with van der Waals surface area (Å²) in [5.41, 5.74) is 2.11. The first-order valence-corrected chi connectivity index (χ1v) is 11.3. The van der Waals surface area contributed by atoms with Crippen molar-refractivity contribution in [2.45, 2.75) is 72.3 Å². The van der Waals surface area contributed by atoms with Crippen LogP contribution in [0.2, 0.25) is 0 Å². The van der Waals surface area contributed by atoms with Gasteiger partial charge in [0.25, 0.3) is 0 Å². The summed E-state index contributed by atoms with van der Waals surface area (Å²) in [6, 6.07) is 7.42. The van der Waals surface area contributed by atoms with Gasteiger partial charge in [0.2, 0.25) is 16.9 Å². The Hall–Kier alpha value is -2.28. The van der Waals surface area contributed by atoms with Gasteiger partial charge in [-0.25, -0.2) is 0 Å². The average Bonchev–Trinajstić information content (AvgIpc) is 3.17. The third kappa shape index (κ3) is 7.24. The molecular weight excluding hydrogens is 384 g/mol. The zero-order valence-corrected chi connectivity index (χ0v) is 18.6. The van der Waals surface area contributed by atoms with Crippen molar-refractivity contribution in [3.8, 4) is 10.6 Å². The summed E-state index contributed by atoms with van der Waals surface area (Å²) in [4.78, 5) is 25.1. The highest BCUT2D eigenvalue weighted by Crippen LogP contribution is 2.27. The molecule has 2 atom stereocenters. The van der Waals surface area contributed by atoms with Gasteiger partial charge in [0.15, 0.2) is 0 Å². The van der Waals surface area contributed by atoms with Crippen molar-refractivity contribution in [2.75, 3.05) is 5.32 Å². The molecule has 29 heavy (non-hydrogen) atoms. The summed E-state index contributed by atoms with van der Waals surface area (Å²) in [6.45, 7) is 8.15. The van der Waals surface area contributed by atoms with E-state index in [4.69, 9.17) is 0 Å². The van der Waals surface area contributed by atoms with Crippen molar-refractivity contribution in [1.29, 1.82) is 0 Å². The highest BCUT2D eigenvalue weighted by Gasteiger charge is 2.26. The standard InChI is InChI=1S/C22H32N4O2S/c1-5-7-8-9-13-18(27)23-19(16(4)6-2)20(28)24-22-26-25-21(29-22)17-12-10-11-15(3)14-17/h10-12,14,16,19H,5-9,13H2,1-4H3,(H,23,27)(H,24,26,28)/t16-,19+/m1/s1. The van der Waals surface area contributed by atoms with Crippen molar-refractivity contribution in [3.05, 3.63) is 29.8 Å². The molecule has 0 aliphatic carbocycles. The molecule has 0 saturated heterocycles. The van der Waals surface area contributed by atoms with Crippen LogP contribution >= 0.6 is 11.3 Å². The van der Waals surface area contributed by atoms with Gasteiger partial charge in [-0.2, -0.15) is 0 Å². The number of benzene rings is 1. The normalized spacial score (nSPS) is 13.0. The van der Waals surface area contributed by atoms with Gasteiger partial charge < -0.3 is 5.32 Å². The fraction of sp³-hybridized carbons (Fsp3) is 0.545. The molecule has 0 saturated carbocycles. The van der Waals surface area contributed by atoms with Crippen LogP contribution in [0.3, 0.4) is 0 Å². The van der Waals surface area contributed by atoms with Crippen molar-refractivity contribution in [2.24, 2.45) is 5.92 Å². The first-order chi connectivity index (χ1) is 13.9. The Labute approximate surface area is 177 Å². The van der Waals surface area contributed by atoms with Crippen LogP contribution in [0.25, 0.3) is 10.6 Å². The Morgan fingerprint density at radius 1 is 1.14 bits per heavy atom. The Morgan fingerprint density at radius 2 is 1.93 bits per heavy atom. The third-order valence-corrected chi connectivity index (χ3v) is 5.88. The minimum Gasteiger partial charge on any atom is -0.344 e. The highest BCUT2D eigenvalue weighted by atomic mass is 32.1. The predicted molar refractivity (Wildman–Crippen MR) is 119 cm³/mol. The van der Waals surface area contributed by atoms with E-state index in [2.05, 4.69) is 27.8 Å². The quantitative estimate of drug-likeness (QED) is 0.508. The molecule has 1 aromatic heterocycles. The molecular formula is C22H32N4O2S. The van der Waals surface area contributed by atoms with Gasteiger partial charge in [0, 0.05) is 12.0 Å². The van der Waals surface area contributed by atoms with Crippen LogP contribution in [-0.4, -0.2) is 28.1 Å². The van der Waals surface area contributed by atoms with E-state index in [1.165, 1.54) is 11.3 Å². The number of aromatic nitrogens is 2. The first-order valence-electron chi connectivity index (χ1n) is 10.4. The number of aryl methyl sites for hydroxylation is 1. The maximum atomic E-state index is 12.8. The van der Waals surface area contributed by atoms with Gasteiger partial charge in [-0.05, 0) is 25.3 Å². The van der Waals surface area contributed by atoms with E-state index in [1.54, 1.807) is 0 Å². The monoisotopic (exact) mass is 416 g/mol. The van der Waals surface area contributed by atoms with E-state index < -0.39 is 6.04 Å². The number of carbonyl (C=O) groups excluding carboxylic acids is 2. The summed E-state index contributed by atoms with van der Waals surface area (Å²) in [6.07, 6.45) is 5.39.